The van der Waals surface area contributed by atoms with Crippen LogP contribution in [0.4, 0.5) is 0 Å². The number of phenols is 1. The van der Waals surface area contributed by atoms with Gasteiger partial charge in [-0.2, -0.15) is 5.10 Å². The summed E-state index contributed by atoms with van der Waals surface area (Å²) in [4.78, 5) is 11.0. The molecular formula is C14H13N3O3. The highest BCUT2D eigenvalue weighted by atomic mass is 16.4. The van der Waals surface area contributed by atoms with E-state index < -0.39 is 5.97 Å². The maximum absolute atomic E-state index is 11.0. The van der Waals surface area contributed by atoms with Gasteiger partial charge < -0.3 is 14.8 Å². The summed E-state index contributed by atoms with van der Waals surface area (Å²) in [5.74, 6) is -0.910. The molecule has 0 fully saturated rings. The van der Waals surface area contributed by atoms with Crippen LogP contribution in [0.3, 0.4) is 0 Å². The molecule has 0 radical (unpaired) electrons. The summed E-state index contributed by atoms with van der Waals surface area (Å²) in [6.45, 7) is 0. The fourth-order valence-electron chi connectivity index (χ4n) is 2.44. The minimum Gasteiger partial charge on any atom is -0.507 e. The van der Waals surface area contributed by atoms with Gasteiger partial charge in [-0.25, -0.2) is 4.79 Å². The number of rotatable bonds is 2. The third kappa shape index (κ3) is 1.65. The van der Waals surface area contributed by atoms with Crippen molar-refractivity contribution in [2.24, 2.45) is 14.1 Å². The Balaban J connectivity index is 2.33. The van der Waals surface area contributed by atoms with E-state index >= 15 is 0 Å². The zero-order chi connectivity index (χ0) is 14.4. The van der Waals surface area contributed by atoms with Crippen LogP contribution in [0.1, 0.15) is 10.5 Å². The highest BCUT2D eigenvalue weighted by molar-refractivity contribution is 6.00. The van der Waals surface area contributed by atoms with E-state index in [0.29, 0.717) is 11.1 Å². The van der Waals surface area contributed by atoms with E-state index in [2.05, 4.69) is 5.10 Å². The van der Waals surface area contributed by atoms with Gasteiger partial charge in [-0.3, -0.25) is 4.68 Å². The van der Waals surface area contributed by atoms with Crippen LogP contribution >= 0.6 is 0 Å². The Labute approximate surface area is 114 Å². The number of aromatic carboxylic acids is 1. The van der Waals surface area contributed by atoms with Crippen molar-refractivity contribution in [2.45, 2.75) is 0 Å². The Hall–Kier alpha value is -2.76. The summed E-state index contributed by atoms with van der Waals surface area (Å²) in [5.41, 5.74) is 2.26. The number of carbonyl (C=O) groups is 1. The fourth-order valence-corrected chi connectivity index (χ4v) is 2.44. The van der Waals surface area contributed by atoms with Crippen molar-refractivity contribution in [1.82, 2.24) is 14.3 Å². The highest BCUT2D eigenvalue weighted by Gasteiger charge is 2.18. The normalized spacial score (nSPS) is 11.1. The number of nitrogens with zero attached hydrogens (tertiary/aromatic N) is 3. The van der Waals surface area contributed by atoms with Gasteiger partial charge in [0, 0.05) is 25.9 Å². The molecule has 0 aliphatic rings. The summed E-state index contributed by atoms with van der Waals surface area (Å²) < 4.78 is 3.39. The summed E-state index contributed by atoms with van der Waals surface area (Å²) in [5, 5.41) is 23.7. The predicted octanol–water partition coefficient (Wildman–Crippen LogP) is 1.98. The molecule has 0 saturated carbocycles. The third-order valence-corrected chi connectivity index (χ3v) is 3.37. The molecule has 0 aliphatic carbocycles. The number of benzene rings is 1. The van der Waals surface area contributed by atoms with Crippen LogP contribution in [-0.4, -0.2) is 30.5 Å². The van der Waals surface area contributed by atoms with E-state index in [1.54, 1.807) is 19.2 Å². The summed E-state index contributed by atoms with van der Waals surface area (Å²) in [6.07, 6.45) is 1.85. The number of hydrogen-bond acceptors (Lipinski definition) is 3. The molecule has 102 valence electrons. The maximum atomic E-state index is 11.0. The maximum Gasteiger partial charge on any atom is 0.356 e. The lowest BCUT2D eigenvalue weighted by molar-refractivity contribution is 0.0689. The Morgan fingerprint density at radius 3 is 2.70 bits per heavy atom. The van der Waals surface area contributed by atoms with E-state index in [1.165, 1.54) is 10.7 Å². The molecule has 2 N–H and O–H groups in total. The quantitative estimate of drug-likeness (QED) is 0.747. The van der Waals surface area contributed by atoms with Crippen molar-refractivity contribution in [3.63, 3.8) is 0 Å². The second kappa shape index (κ2) is 4.12. The number of carboxylic acids is 1. The van der Waals surface area contributed by atoms with Crippen molar-refractivity contribution in [3.05, 3.63) is 36.2 Å². The van der Waals surface area contributed by atoms with Gasteiger partial charge in [0.15, 0.2) is 5.69 Å². The van der Waals surface area contributed by atoms with Crippen molar-refractivity contribution in [2.75, 3.05) is 0 Å². The third-order valence-electron chi connectivity index (χ3n) is 3.37. The van der Waals surface area contributed by atoms with Gasteiger partial charge in [-0.1, -0.05) is 6.07 Å². The van der Waals surface area contributed by atoms with Crippen molar-refractivity contribution < 1.29 is 15.0 Å². The molecule has 2 aromatic heterocycles. The number of aryl methyl sites for hydroxylation is 2. The van der Waals surface area contributed by atoms with Crippen LogP contribution in [0.5, 0.6) is 5.75 Å². The molecule has 6 nitrogen and oxygen atoms in total. The molecular weight excluding hydrogens is 258 g/mol. The summed E-state index contributed by atoms with van der Waals surface area (Å²) in [7, 11) is 3.56. The zero-order valence-corrected chi connectivity index (χ0v) is 11.0. The number of aromatic nitrogens is 3. The standard InChI is InChI=1S/C14H13N3O3/c1-16-7-8(13-10(16)4-3-5-12(13)18)11-6-9(14(19)20)15-17(11)2/h3-7,18H,1-2H3,(H,19,20). The van der Waals surface area contributed by atoms with E-state index in [4.69, 9.17) is 5.11 Å². The largest absolute Gasteiger partial charge is 0.507 e. The topological polar surface area (TPSA) is 80.3 Å². The predicted molar refractivity (Wildman–Crippen MR) is 73.7 cm³/mol. The molecule has 0 saturated heterocycles. The van der Waals surface area contributed by atoms with Crippen LogP contribution in [0.2, 0.25) is 0 Å². The minimum atomic E-state index is -1.07. The lowest BCUT2D eigenvalue weighted by Gasteiger charge is -2.01. The van der Waals surface area contributed by atoms with Crippen LogP contribution in [0.25, 0.3) is 22.2 Å². The number of hydrogen-bond donors (Lipinski definition) is 2. The first-order valence-electron chi connectivity index (χ1n) is 6.03. The molecule has 20 heavy (non-hydrogen) atoms. The van der Waals surface area contributed by atoms with Gasteiger partial charge in [-0.15, -0.1) is 0 Å². The van der Waals surface area contributed by atoms with Crippen LogP contribution in [0.15, 0.2) is 30.5 Å². The Morgan fingerprint density at radius 1 is 1.30 bits per heavy atom. The van der Waals surface area contributed by atoms with Crippen LogP contribution < -0.4 is 0 Å². The fraction of sp³-hybridized carbons (Fsp3) is 0.143. The first kappa shape index (κ1) is 12.3. The summed E-state index contributed by atoms with van der Waals surface area (Å²) in [6, 6.07) is 6.78. The van der Waals surface area contributed by atoms with E-state index in [-0.39, 0.29) is 11.4 Å². The van der Waals surface area contributed by atoms with Gasteiger partial charge >= 0.3 is 5.97 Å². The Kier molecular flexibility index (Phi) is 2.53. The lowest BCUT2D eigenvalue weighted by atomic mass is 10.1. The van der Waals surface area contributed by atoms with Gasteiger partial charge in [0.05, 0.1) is 16.6 Å². The average molecular weight is 271 g/mol. The van der Waals surface area contributed by atoms with Crippen molar-refractivity contribution >= 4 is 16.9 Å². The molecule has 3 aromatic rings. The van der Waals surface area contributed by atoms with Gasteiger partial charge in [0.1, 0.15) is 5.75 Å². The highest BCUT2D eigenvalue weighted by Crippen LogP contribution is 2.35. The smallest absolute Gasteiger partial charge is 0.356 e. The molecule has 3 rings (SSSR count). The Bertz CT molecular complexity index is 830. The van der Waals surface area contributed by atoms with Gasteiger partial charge in [0.25, 0.3) is 0 Å². The number of aromatic hydroxyl groups is 1. The molecule has 0 amide bonds. The van der Waals surface area contributed by atoms with Crippen molar-refractivity contribution in [1.29, 1.82) is 0 Å². The number of fused-ring (bicyclic) bond motifs is 1. The van der Waals surface area contributed by atoms with E-state index in [9.17, 15) is 9.90 Å². The SMILES string of the molecule is Cn1nc(C(=O)O)cc1-c1cn(C)c2cccc(O)c12. The molecule has 0 atom stereocenters. The van der Waals surface area contributed by atoms with Gasteiger partial charge in [-0.05, 0) is 18.2 Å². The first-order chi connectivity index (χ1) is 9.49. The summed E-state index contributed by atoms with van der Waals surface area (Å²) >= 11 is 0. The molecule has 6 heteroatoms. The molecule has 0 aliphatic heterocycles. The second-order valence-electron chi connectivity index (χ2n) is 4.67. The van der Waals surface area contributed by atoms with E-state index in [1.807, 2.05) is 23.9 Å². The van der Waals surface area contributed by atoms with E-state index in [0.717, 1.165) is 11.1 Å². The minimum absolute atomic E-state index is 0.0186. The number of phenolic OH excluding ortho intramolecular Hbond substituents is 1. The second-order valence-corrected chi connectivity index (χ2v) is 4.67. The van der Waals surface area contributed by atoms with Gasteiger partial charge in [0.2, 0.25) is 0 Å². The molecule has 2 heterocycles. The Morgan fingerprint density at radius 2 is 2.05 bits per heavy atom. The molecule has 0 bridgehead atoms. The molecule has 0 unspecified atom stereocenters. The first-order valence-corrected chi connectivity index (χ1v) is 6.03. The monoisotopic (exact) mass is 271 g/mol. The average Bonchev–Trinajstić information content (AvgIpc) is 2.92. The number of carboxylic acid groups (broad SMARTS) is 1. The molecule has 0 spiro atoms. The lowest BCUT2D eigenvalue weighted by Crippen LogP contribution is -1.99. The van der Waals surface area contributed by atoms with Crippen molar-refractivity contribution in [3.8, 4) is 17.0 Å². The van der Waals surface area contributed by atoms with Crippen LogP contribution in [-0.2, 0) is 14.1 Å². The molecule has 1 aromatic carbocycles. The van der Waals surface area contributed by atoms with Crippen LogP contribution in [0, 0.1) is 0 Å². The zero-order valence-electron chi connectivity index (χ0n) is 11.0.